The summed E-state index contributed by atoms with van der Waals surface area (Å²) in [4.78, 5) is 19.2. The van der Waals surface area contributed by atoms with Crippen molar-refractivity contribution in [2.75, 3.05) is 17.6 Å². The van der Waals surface area contributed by atoms with Crippen LogP contribution in [0.2, 0.25) is 0 Å². The van der Waals surface area contributed by atoms with Gasteiger partial charge in [0.1, 0.15) is 17.2 Å². The third kappa shape index (κ3) is 3.30. The van der Waals surface area contributed by atoms with Crippen molar-refractivity contribution in [3.63, 3.8) is 0 Å². The number of hydrogen-bond donors (Lipinski definition) is 0. The van der Waals surface area contributed by atoms with Crippen LogP contribution in [0.25, 0.3) is 10.9 Å². The summed E-state index contributed by atoms with van der Waals surface area (Å²) in [5.74, 6) is -1.03. The molecule has 1 aromatic heterocycles. The molecule has 4 rings (SSSR count). The normalized spacial score (nSPS) is 13.1. The van der Waals surface area contributed by atoms with Crippen molar-refractivity contribution >= 4 is 43.9 Å². The monoisotopic (exact) mass is 433 g/mol. The Hall–Kier alpha value is -2.44. The molecule has 2 heterocycles. The van der Waals surface area contributed by atoms with Gasteiger partial charge < -0.3 is 13.7 Å². The maximum Gasteiger partial charge on any atom is 0.258 e. The van der Waals surface area contributed by atoms with Gasteiger partial charge in [0, 0.05) is 49.1 Å². The zero-order chi connectivity index (χ0) is 20.7. The van der Waals surface area contributed by atoms with Crippen LogP contribution in [0, 0.1) is 11.6 Å². The highest BCUT2D eigenvalue weighted by atomic mass is 32.2. The van der Waals surface area contributed by atoms with Crippen LogP contribution < -0.4 is 8.83 Å². The number of halogens is 2. The lowest BCUT2D eigenvalue weighted by atomic mass is 10.0. The van der Waals surface area contributed by atoms with Gasteiger partial charge in [0.2, 0.25) is 0 Å². The summed E-state index contributed by atoms with van der Waals surface area (Å²) in [6, 6.07) is 7.00. The van der Waals surface area contributed by atoms with Crippen LogP contribution in [0.5, 0.6) is 5.75 Å². The topological polar surface area (TPSA) is 45.7 Å². The highest BCUT2D eigenvalue weighted by Crippen LogP contribution is 2.46. The number of aromatic nitrogens is 1. The first-order valence-corrected chi connectivity index (χ1v) is 10.4. The molecule has 0 spiro atoms. The van der Waals surface area contributed by atoms with E-state index in [0.717, 1.165) is 34.8 Å². The van der Waals surface area contributed by atoms with Crippen molar-refractivity contribution in [2.24, 2.45) is 0 Å². The molecular formula is C20H18F2N3O2PS. The SMILES string of the molecule is CSN(C)c1c2c(c(OP)c3ncccc13)C(=O)N(Cc1cc(F)ccc1F)C2. The van der Waals surface area contributed by atoms with Gasteiger partial charge in [0.15, 0.2) is 5.75 Å². The second kappa shape index (κ2) is 7.76. The van der Waals surface area contributed by atoms with Crippen LogP contribution in [0.4, 0.5) is 14.5 Å². The van der Waals surface area contributed by atoms with Gasteiger partial charge in [-0.1, -0.05) is 11.9 Å². The van der Waals surface area contributed by atoms with E-state index in [1.165, 1.54) is 16.8 Å². The summed E-state index contributed by atoms with van der Waals surface area (Å²) in [5.41, 5.74) is 2.74. The second-order valence-electron chi connectivity index (χ2n) is 6.63. The summed E-state index contributed by atoms with van der Waals surface area (Å²) < 4.78 is 35.2. The molecule has 29 heavy (non-hydrogen) atoms. The van der Waals surface area contributed by atoms with Gasteiger partial charge in [0.05, 0.1) is 20.7 Å². The van der Waals surface area contributed by atoms with Crippen molar-refractivity contribution in [1.82, 2.24) is 9.88 Å². The van der Waals surface area contributed by atoms with Crippen LogP contribution in [-0.2, 0) is 13.1 Å². The first-order chi connectivity index (χ1) is 14.0. The molecule has 1 atom stereocenters. The van der Waals surface area contributed by atoms with Gasteiger partial charge in [-0.05, 0) is 30.3 Å². The molecule has 0 saturated heterocycles. The van der Waals surface area contributed by atoms with Crippen molar-refractivity contribution in [3.05, 3.63) is 64.9 Å². The molecule has 0 fully saturated rings. The zero-order valence-corrected chi connectivity index (χ0v) is 17.7. The van der Waals surface area contributed by atoms with E-state index in [1.807, 2.05) is 29.7 Å². The molecule has 1 aliphatic heterocycles. The lowest BCUT2D eigenvalue weighted by Gasteiger charge is -2.22. The summed E-state index contributed by atoms with van der Waals surface area (Å²) >= 11 is 1.50. The lowest BCUT2D eigenvalue weighted by Crippen LogP contribution is -2.24. The van der Waals surface area contributed by atoms with Crippen molar-refractivity contribution in [1.29, 1.82) is 0 Å². The molecule has 0 N–H and O–H groups in total. The number of rotatable bonds is 5. The molecule has 0 bridgehead atoms. The van der Waals surface area contributed by atoms with Crippen molar-refractivity contribution in [2.45, 2.75) is 13.1 Å². The van der Waals surface area contributed by atoms with Gasteiger partial charge in [0.25, 0.3) is 5.91 Å². The highest BCUT2D eigenvalue weighted by Gasteiger charge is 2.36. The van der Waals surface area contributed by atoms with Crippen molar-refractivity contribution in [3.8, 4) is 5.75 Å². The predicted octanol–water partition coefficient (Wildman–Crippen LogP) is 4.55. The van der Waals surface area contributed by atoms with Crippen LogP contribution in [-0.4, -0.2) is 29.1 Å². The first-order valence-electron chi connectivity index (χ1n) is 8.77. The number of benzene rings is 2. The van der Waals surface area contributed by atoms with E-state index in [0.29, 0.717) is 16.8 Å². The number of pyridine rings is 1. The molecule has 2 aromatic carbocycles. The number of fused-ring (bicyclic) bond motifs is 2. The summed E-state index contributed by atoms with van der Waals surface area (Å²) in [7, 11) is 4.08. The molecule has 0 aliphatic carbocycles. The number of anilines is 1. The molecule has 150 valence electrons. The first kappa shape index (κ1) is 19.9. The van der Waals surface area contributed by atoms with E-state index in [1.54, 1.807) is 6.20 Å². The third-order valence-corrected chi connectivity index (χ3v) is 5.98. The Kier molecular flexibility index (Phi) is 5.32. The summed E-state index contributed by atoms with van der Waals surface area (Å²) in [6.45, 7) is 0.218. The molecular weight excluding hydrogens is 415 g/mol. The smallest absolute Gasteiger partial charge is 0.258 e. The number of hydrogen-bond acceptors (Lipinski definition) is 5. The minimum absolute atomic E-state index is 0.0421. The molecule has 3 aromatic rings. The fourth-order valence-electron chi connectivity index (χ4n) is 3.68. The zero-order valence-electron chi connectivity index (χ0n) is 15.8. The fourth-order valence-corrected chi connectivity index (χ4v) is 4.30. The minimum atomic E-state index is -0.550. The van der Waals surface area contributed by atoms with Crippen molar-refractivity contribution < 1.29 is 18.1 Å². The van der Waals surface area contributed by atoms with E-state index < -0.39 is 11.6 Å². The van der Waals surface area contributed by atoms with Gasteiger partial charge in [-0.25, -0.2) is 8.78 Å². The molecule has 5 nitrogen and oxygen atoms in total. The molecule has 0 saturated carbocycles. The standard InChI is InChI=1S/C20H18F2N3O2PS/c1-24(29-2)18-13-4-3-7-23-17(13)19(27-28)16-14(18)10-25(20(16)26)9-11-8-12(21)5-6-15(11)22/h3-8H,9-10,28H2,1-2H3. The van der Waals surface area contributed by atoms with Gasteiger partial charge in [-0.2, -0.15) is 0 Å². The molecule has 1 unspecified atom stereocenters. The Morgan fingerprint density at radius 2 is 2.14 bits per heavy atom. The minimum Gasteiger partial charge on any atom is -0.477 e. The highest BCUT2D eigenvalue weighted by molar-refractivity contribution is 7.99. The second-order valence-corrected chi connectivity index (χ2v) is 7.77. The predicted molar refractivity (Wildman–Crippen MR) is 114 cm³/mol. The summed E-state index contributed by atoms with van der Waals surface area (Å²) in [5, 5.41) is 0.854. The molecule has 9 heteroatoms. The average molecular weight is 433 g/mol. The Balaban J connectivity index is 1.87. The van der Waals surface area contributed by atoms with Gasteiger partial charge >= 0.3 is 0 Å². The Morgan fingerprint density at radius 1 is 1.34 bits per heavy atom. The Bertz CT molecular complexity index is 1130. The molecule has 1 amide bonds. The number of carbonyl (C=O) groups excluding carboxylic acids is 1. The quantitative estimate of drug-likeness (QED) is 0.436. The Morgan fingerprint density at radius 3 is 2.86 bits per heavy atom. The maximum atomic E-state index is 14.2. The van der Waals surface area contributed by atoms with E-state index in [-0.39, 0.29) is 24.6 Å². The van der Waals surface area contributed by atoms with E-state index in [9.17, 15) is 13.6 Å². The van der Waals surface area contributed by atoms with E-state index >= 15 is 0 Å². The van der Waals surface area contributed by atoms with E-state index in [4.69, 9.17) is 4.52 Å². The van der Waals surface area contributed by atoms with Crippen LogP contribution in [0.3, 0.4) is 0 Å². The van der Waals surface area contributed by atoms with E-state index in [2.05, 4.69) is 14.5 Å². The Labute approximate surface area is 173 Å². The third-order valence-electron chi connectivity index (χ3n) is 5.02. The van der Waals surface area contributed by atoms with Crippen LogP contribution in [0.1, 0.15) is 21.5 Å². The lowest BCUT2D eigenvalue weighted by molar-refractivity contribution is 0.0764. The fraction of sp³-hybridized carbons (Fsp3) is 0.200. The van der Waals surface area contributed by atoms with Crippen LogP contribution in [0.15, 0.2) is 36.5 Å². The van der Waals surface area contributed by atoms with Crippen LogP contribution >= 0.6 is 21.4 Å². The number of carbonyl (C=O) groups is 1. The summed E-state index contributed by atoms with van der Waals surface area (Å²) in [6.07, 6.45) is 3.58. The largest absolute Gasteiger partial charge is 0.477 e. The average Bonchev–Trinajstić information content (AvgIpc) is 3.04. The number of amides is 1. The van der Waals surface area contributed by atoms with Gasteiger partial charge in [-0.3, -0.25) is 9.78 Å². The molecule has 1 aliphatic rings. The number of nitrogens with zero attached hydrogens (tertiary/aromatic N) is 3. The van der Waals surface area contributed by atoms with Gasteiger partial charge in [-0.15, -0.1) is 0 Å². The maximum absolute atomic E-state index is 14.2. The molecule has 0 radical (unpaired) electrons.